The number of aromatic nitrogens is 5. The largest absolute Gasteiger partial charge is 0.483 e. The third-order valence-electron chi connectivity index (χ3n) is 5.81. The average Bonchev–Trinajstić information content (AvgIpc) is 3.51. The average molecular weight is 468 g/mol. The molecule has 0 unspecified atom stereocenters. The van der Waals surface area contributed by atoms with Gasteiger partial charge in [0, 0.05) is 30.9 Å². The zero-order valence-electron chi connectivity index (χ0n) is 19.0. The molecule has 2 heterocycles. The third-order valence-corrected chi connectivity index (χ3v) is 5.81. The van der Waals surface area contributed by atoms with Gasteiger partial charge in [-0.2, -0.15) is 5.10 Å². The number of imidazole rings is 1. The molecule has 1 fully saturated rings. The van der Waals surface area contributed by atoms with Crippen molar-refractivity contribution in [3.8, 4) is 5.69 Å². The maximum atomic E-state index is 12.7. The second-order valence-corrected chi connectivity index (χ2v) is 8.01. The number of nitrogens with zero attached hydrogens (tertiary/aromatic N) is 5. The number of hydrogen-bond donors (Lipinski definition) is 3. The molecular formula is C23H29N7O4. The van der Waals surface area contributed by atoms with E-state index in [0.29, 0.717) is 6.54 Å². The molecule has 11 heteroatoms. The van der Waals surface area contributed by atoms with Gasteiger partial charge in [-0.15, -0.1) is 0 Å². The molecule has 4 rings (SSSR count). The molecule has 1 aliphatic rings. The van der Waals surface area contributed by atoms with Gasteiger partial charge in [0.25, 0.3) is 6.47 Å². The number of hydrogen-bond acceptors (Lipinski definition) is 6. The van der Waals surface area contributed by atoms with E-state index >= 15 is 0 Å². The summed E-state index contributed by atoms with van der Waals surface area (Å²) in [6, 6.07) is 7.93. The summed E-state index contributed by atoms with van der Waals surface area (Å²) in [4.78, 5) is 41.5. The first-order chi connectivity index (χ1) is 16.5. The van der Waals surface area contributed by atoms with Crippen LogP contribution in [0, 0.1) is 12.8 Å². The minimum absolute atomic E-state index is 0.0151. The monoisotopic (exact) mass is 467 g/mol. The maximum absolute atomic E-state index is 12.7. The Bertz CT molecular complexity index is 1070. The molecular weight excluding hydrogens is 438 g/mol. The molecule has 0 saturated heterocycles. The molecule has 1 saturated carbocycles. The molecule has 3 aromatic rings. The van der Waals surface area contributed by atoms with Crippen LogP contribution in [0.1, 0.15) is 37.1 Å². The van der Waals surface area contributed by atoms with Crippen molar-refractivity contribution in [2.24, 2.45) is 5.92 Å². The van der Waals surface area contributed by atoms with Gasteiger partial charge in [-0.05, 0) is 44.2 Å². The molecule has 180 valence electrons. The molecule has 3 N–H and O–H groups in total. The quantitative estimate of drug-likeness (QED) is 0.446. The Kier molecular flexibility index (Phi) is 8.89. The number of carboxylic acid groups (broad SMARTS) is 1. The van der Waals surface area contributed by atoms with Crippen LogP contribution >= 0.6 is 0 Å². The minimum Gasteiger partial charge on any atom is -0.483 e. The van der Waals surface area contributed by atoms with Gasteiger partial charge in [-0.3, -0.25) is 14.4 Å². The first kappa shape index (κ1) is 24.6. The predicted octanol–water partition coefficient (Wildman–Crippen LogP) is 1.46. The molecule has 0 spiro atoms. The Hall–Kier alpha value is -4.02. The lowest BCUT2D eigenvalue weighted by Crippen LogP contribution is -2.42. The van der Waals surface area contributed by atoms with Crippen LogP contribution in [0.2, 0.25) is 0 Å². The van der Waals surface area contributed by atoms with Crippen LogP contribution in [-0.2, 0) is 27.5 Å². The van der Waals surface area contributed by atoms with Gasteiger partial charge in [-0.25, -0.2) is 14.6 Å². The highest BCUT2D eigenvalue weighted by Gasteiger charge is 2.27. The van der Waals surface area contributed by atoms with E-state index in [-0.39, 0.29) is 36.8 Å². The van der Waals surface area contributed by atoms with Gasteiger partial charge < -0.3 is 20.3 Å². The Morgan fingerprint density at radius 3 is 2.59 bits per heavy atom. The standard InChI is InChI=1S/C22H27N7O2.CH2O2/c1-16-24-10-11-28(16)13-21(30)27-19-8-6-17(7-9-19)22(31)25-12-18-4-2-3-5-20(18)29-15-23-14-26-29;2-1-3/h2-5,10-11,14-15,17,19H,6-9,12-13H2,1H3,(H,25,31)(H,27,30);1H,(H,2,3). The predicted molar refractivity (Wildman–Crippen MR) is 123 cm³/mol. The summed E-state index contributed by atoms with van der Waals surface area (Å²) in [5, 5.41) is 17.2. The molecule has 0 radical (unpaired) electrons. The van der Waals surface area contributed by atoms with Gasteiger partial charge in [0.1, 0.15) is 25.0 Å². The van der Waals surface area contributed by atoms with Crippen molar-refractivity contribution in [2.45, 2.75) is 51.7 Å². The number of amides is 2. The first-order valence-corrected chi connectivity index (χ1v) is 11.1. The van der Waals surface area contributed by atoms with Crippen LogP contribution in [-0.4, -0.2) is 53.8 Å². The van der Waals surface area contributed by atoms with Crippen molar-refractivity contribution in [1.82, 2.24) is 34.9 Å². The summed E-state index contributed by atoms with van der Waals surface area (Å²) in [5.41, 5.74) is 1.89. The Morgan fingerprint density at radius 2 is 1.94 bits per heavy atom. The fourth-order valence-electron chi connectivity index (χ4n) is 4.04. The summed E-state index contributed by atoms with van der Waals surface area (Å²) < 4.78 is 3.52. The summed E-state index contributed by atoms with van der Waals surface area (Å²) in [6.07, 6.45) is 9.78. The number of carbonyl (C=O) groups is 3. The van der Waals surface area contributed by atoms with E-state index in [1.54, 1.807) is 23.4 Å². The van der Waals surface area contributed by atoms with Crippen molar-refractivity contribution in [3.63, 3.8) is 0 Å². The smallest absolute Gasteiger partial charge is 0.290 e. The fraction of sp³-hybridized carbons (Fsp3) is 0.391. The van der Waals surface area contributed by atoms with Gasteiger partial charge in [-0.1, -0.05) is 18.2 Å². The lowest BCUT2D eigenvalue weighted by atomic mass is 9.85. The van der Waals surface area contributed by atoms with Gasteiger partial charge in [0.2, 0.25) is 11.8 Å². The minimum atomic E-state index is -0.250. The first-order valence-electron chi connectivity index (χ1n) is 11.1. The van der Waals surface area contributed by atoms with Gasteiger partial charge in [0.15, 0.2) is 0 Å². The number of benzene rings is 1. The van der Waals surface area contributed by atoms with Crippen LogP contribution in [0.4, 0.5) is 0 Å². The van der Waals surface area contributed by atoms with Crippen molar-refractivity contribution in [2.75, 3.05) is 0 Å². The number of rotatable bonds is 7. The highest BCUT2D eigenvalue weighted by atomic mass is 16.3. The Labute approximate surface area is 197 Å². The van der Waals surface area contributed by atoms with E-state index in [0.717, 1.165) is 42.8 Å². The van der Waals surface area contributed by atoms with Crippen LogP contribution < -0.4 is 10.6 Å². The molecule has 1 aromatic carbocycles. The van der Waals surface area contributed by atoms with E-state index in [1.165, 1.54) is 6.33 Å². The molecule has 0 bridgehead atoms. The van der Waals surface area contributed by atoms with E-state index in [4.69, 9.17) is 9.90 Å². The third kappa shape index (κ3) is 6.74. The lowest BCUT2D eigenvalue weighted by Gasteiger charge is -2.28. The number of aryl methyl sites for hydroxylation is 1. The lowest BCUT2D eigenvalue weighted by molar-refractivity contribution is -0.126. The van der Waals surface area contributed by atoms with Crippen LogP contribution in [0.25, 0.3) is 5.69 Å². The van der Waals surface area contributed by atoms with Crippen molar-refractivity contribution in [3.05, 3.63) is 60.7 Å². The molecule has 1 aliphatic carbocycles. The number of para-hydroxylation sites is 1. The molecule has 2 aromatic heterocycles. The summed E-state index contributed by atoms with van der Waals surface area (Å²) >= 11 is 0. The van der Waals surface area contributed by atoms with Crippen molar-refractivity contribution >= 4 is 18.3 Å². The number of nitrogens with one attached hydrogen (secondary N) is 2. The normalized spacial score (nSPS) is 17.2. The van der Waals surface area contributed by atoms with Gasteiger partial charge in [0.05, 0.1) is 5.69 Å². The van der Waals surface area contributed by atoms with Crippen LogP contribution in [0.3, 0.4) is 0 Å². The topological polar surface area (TPSA) is 144 Å². The molecule has 0 aliphatic heterocycles. The summed E-state index contributed by atoms with van der Waals surface area (Å²) in [5.74, 6) is 0.842. The van der Waals surface area contributed by atoms with Gasteiger partial charge >= 0.3 is 0 Å². The molecule has 0 atom stereocenters. The van der Waals surface area contributed by atoms with E-state index < -0.39 is 0 Å². The summed E-state index contributed by atoms with van der Waals surface area (Å²) in [6.45, 7) is 2.34. The van der Waals surface area contributed by atoms with Crippen LogP contribution in [0.15, 0.2) is 49.3 Å². The second kappa shape index (κ2) is 12.3. The maximum Gasteiger partial charge on any atom is 0.290 e. The molecule has 34 heavy (non-hydrogen) atoms. The molecule has 11 nitrogen and oxygen atoms in total. The fourth-order valence-corrected chi connectivity index (χ4v) is 4.04. The Balaban J connectivity index is 0.00000103. The summed E-state index contributed by atoms with van der Waals surface area (Å²) in [7, 11) is 0. The zero-order chi connectivity index (χ0) is 24.3. The zero-order valence-corrected chi connectivity index (χ0v) is 19.0. The van der Waals surface area contributed by atoms with Crippen molar-refractivity contribution < 1.29 is 19.5 Å². The van der Waals surface area contributed by atoms with E-state index in [1.807, 2.05) is 35.8 Å². The van der Waals surface area contributed by atoms with Crippen molar-refractivity contribution in [1.29, 1.82) is 0 Å². The highest BCUT2D eigenvalue weighted by Crippen LogP contribution is 2.25. The van der Waals surface area contributed by atoms with E-state index in [9.17, 15) is 9.59 Å². The molecule has 2 amide bonds. The second-order valence-electron chi connectivity index (χ2n) is 8.01. The van der Waals surface area contributed by atoms with E-state index in [2.05, 4.69) is 25.7 Å². The number of carbonyl (C=O) groups excluding carboxylic acids is 2. The SMILES string of the molecule is Cc1nccn1CC(=O)NC1CCC(C(=O)NCc2ccccc2-n2cncn2)CC1.O=CO. The highest BCUT2D eigenvalue weighted by molar-refractivity contribution is 5.79. The van der Waals surface area contributed by atoms with Crippen LogP contribution in [0.5, 0.6) is 0 Å². The Morgan fingerprint density at radius 1 is 1.21 bits per heavy atom.